The molecule has 0 bridgehead atoms. The van der Waals surface area contributed by atoms with E-state index in [0.29, 0.717) is 5.92 Å². The summed E-state index contributed by atoms with van der Waals surface area (Å²) in [5.74, 6) is 0.568. The number of hydrogen-bond donors (Lipinski definition) is 0. The second kappa shape index (κ2) is 7.99. The first-order chi connectivity index (χ1) is 10.7. The van der Waals surface area contributed by atoms with Crippen LogP contribution in [-0.4, -0.2) is 48.2 Å². The number of rotatable bonds is 4. The first kappa shape index (κ1) is 18.7. The third-order valence-electron chi connectivity index (χ3n) is 3.95. The summed E-state index contributed by atoms with van der Waals surface area (Å²) < 4.78 is 6.61. The molecule has 23 heavy (non-hydrogen) atoms. The molecule has 0 spiro atoms. The SMILES string of the molecule is CN(CC1CCN(Cc2ccc(Br)s2)CC1)C(=O)OC(C)(C)C. The Hall–Kier alpha value is -0.590. The lowest BCUT2D eigenvalue weighted by molar-refractivity contribution is 0.0249. The van der Waals surface area contributed by atoms with Crippen LogP contribution in [0.25, 0.3) is 0 Å². The van der Waals surface area contributed by atoms with Gasteiger partial charge < -0.3 is 9.64 Å². The van der Waals surface area contributed by atoms with E-state index in [1.54, 1.807) is 4.90 Å². The van der Waals surface area contributed by atoms with Crippen LogP contribution in [0.5, 0.6) is 0 Å². The molecule has 0 radical (unpaired) electrons. The molecule has 1 aliphatic rings. The maximum absolute atomic E-state index is 12.0. The molecule has 0 N–H and O–H groups in total. The van der Waals surface area contributed by atoms with Crippen molar-refractivity contribution in [2.24, 2.45) is 5.92 Å². The van der Waals surface area contributed by atoms with Crippen molar-refractivity contribution in [1.82, 2.24) is 9.80 Å². The van der Waals surface area contributed by atoms with Gasteiger partial charge in [-0.1, -0.05) is 0 Å². The van der Waals surface area contributed by atoms with Gasteiger partial charge in [0, 0.05) is 25.0 Å². The predicted octanol–water partition coefficient (Wildman–Crippen LogP) is 4.59. The fourth-order valence-electron chi connectivity index (χ4n) is 2.79. The van der Waals surface area contributed by atoms with Gasteiger partial charge in [0.25, 0.3) is 0 Å². The lowest BCUT2D eigenvalue weighted by Gasteiger charge is -2.34. The van der Waals surface area contributed by atoms with Gasteiger partial charge in [0.05, 0.1) is 3.79 Å². The molecule has 0 aromatic carbocycles. The molecule has 4 nitrogen and oxygen atoms in total. The average molecular weight is 403 g/mol. The third-order valence-corrected chi connectivity index (χ3v) is 5.56. The number of ether oxygens (including phenoxy) is 1. The Labute approximate surface area is 151 Å². The summed E-state index contributed by atoms with van der Waals surface area (Å²) in [7, 11) is 1.84. The van der Waals surface area contributed by atoms with Gasteiger partial charge in [0.1, 0.15) is 5.60 Å². The van der Waals surface area contributed by atoms with Crippen molar-refractivity contribution in [3.8, 4) is 0 Å². The molecule has 0 saturated carbocycles. The molecule has 2 heterocycles. The molecule has 1 amide bonds. The van der Waals surface area contributed by atoms with Gasteiger partial charge in [0.2, 0.25) is 0 Å². The second-order valence-electron chi connectivity index (χ2n) is 7.29. The van der Waals surface area contributed by atoms with Crippen LogP contribution in [0.3, 0.4) is 0 Å². The average Bonchev–Trinajstić information content (AvgIpc) is 2.84. The van der Waals surface area contributed by atoms with Crippen molar-refractivity contribution in [3.05, 3.63) is 20.8 Å². The van der Waals surface area contributed by atoms with Crippen molar-refractivity contribution in [3.63, 3.8) is 0 Å². The van der Waals surface area contributed by atoms with E-state index >= 15 is 0 Å². The van der Waals surface area contributed by atoms with Gasteiger partial charge in [-0.25, -0.2) is 4.79 Å². The summed E-state index contributed by atoms with van der Waals surface area (Å²) in [6.07, 6.45) is 2.06. The van der Waals surface area contributed by atoms with Crippen molar-refractivity contribution >= 4 is 33.4 Å². The molecule has 1 aromatic rings. The Morgan fingerprint density at radius 2 is 2.04 bits per heavy atom. The van der Waals surface area contributed by atoms with E-state index in [4.69, 9.17) is 4.74 Å². The van der Waals surface area contributed by atoms with E-state index < -0.39 is 5.60 Å². The number of likely N-dealkylation sites (tertiary alicyclic amines) is 1. The third kappa shape index (κ3) is 6.43. The van der Waals surface area contributed by atoms with Gasteiger partial charge in [-0.15, -0.1) is 11.3 Å². The van der Waals surface area contributed by atoms with E-state index in [-0.39, 0.29) is 6.09 Å². The largest absolute Gasteiger partial charge is 0.444 e. The number of carbonyl (C=O) groups is 1. The van der Waals surface area contributed by atoms with Gasteiger partial charge in [-0.2, -0.15) is 0 Å². The summed E-state index contributed by atoms with van der Waals surface area (Å²) in [6, 6.07) is 4.31. The molecular formula is C17H27BrN2O2S. The first-order valence-corrected chi connectivity index (χ1v) is 9.74. The summed E-state index contributed by atoms with van der Waals surface area (Å²) in [6.45, 7) is 9.73. The highest BCUT2D eigenvalue weighted by molar-refractivity contribution is 9.11. The number of carbonyl (C=O) groups excluding carboxylic acids is 1. The summed E-state index contributed by atoms with van der Waals surface area (Å²) >= 11 is 5.33. The zero-order valence-electron chi connectivity index (χ0n) is 14.5. The Morgan fingerprint density at radius 1 is 1.39 bits per heavy atom. The molecule has 6 heteroatoms. The number of hydrogen-bond acceptors (Lipinski definition) is 4. The summed E-state index contributed by atoms with van der Waals surface area (Å²) in [4.78, 5) is 17.7. The predicted molar refractivity (Wildman–Crippen MR) is 98.9 cm³/mol. The first-order valence-electron chi connectivity index (χ1n) is 8.13. The molecule has 1 aromatic heterocycles. The molecule has 0 atom stereocenters. The topological polar surface area (TPSA) is 32.8 Å². The number of amides is 1. The second-order valence-corrected chi connectivity index (χ2v) is 9.83. The number of halogens is 1. The normalized spacial score (nSPS) is 17.3. The maximum atomic E-state index is 12.0. The van der Waals surface area contributed by atoms with Crippen molar-refractivity contribution in [1.29, 1.82) is 0 Å². The van der Waals surface area contributed by atoms with Crippen LogP contribution in [0, 0.1) is 5.92 Å². The van der Waals surface area contributed by atoms with E-state index in [1.165, 1.54) is 8.66 Å². The highest BCUT2D eigenvalue weighted by atomic mass is 79.9. The molecule has 1 fully saturated rings. The van der Waals surface area contributed by atoms with E-state index in [2.05, 4.69) is 33.0 Å². The van der Waals surface area contributed by atoms with Crippen molar-refractivity contribution < 1.29 is 9.53 Å². The minimum Gasteiger partial charge on any atom is -0.444 e. The Bertz CT molecular complexity index is 519. The van der Waals surface area contributed by atoms with Crippen molar-refractivity contribution in [2.45, 2.75) is 45.8 Å². The monoisotopic (exact) mass is 402 g/mol. The molecule has 2 rings (SSSR count). The molecule has 0 unspecified atom stereocenters. The Kier molecular flexibility index (Phi) is 6.51. The highest BCUT2D eigenvalue weighted by Gasteiger charge is 2.25. The number of piperidine rings is 1. The van der Waals surface area contributed by atoms with Gasteiger partial charge in [-0.05, 0) is 80.7 Å². The Balaban J connectivity index is 1.73. The van der Waals surface area contributed by atoms with Crippen LogP contribution < -0.4 is 0 Å². The standard InChI is InChI=1S/C17H27BrN2O2S/c1-17(2,3)22-16(21)19(4)11-13-7-9-20(10-8-13)12-14-5-6-15(18)23-14/h5-6,13H,7-12H2,1-4H3. The van der Waals surface area contributed by atoms with Crippen LogP contribution in [0.15, 0.2) is 15.9 Å². The fourth-order valence-corrected chi connectivity index (χ4v) is 4.31. The van der Waals surface area contributed by atoms with Gasteiger partial charge >= 0.3 is 6.09 Å². The van der Waals surface area contributed by atoms with E-state index in [1.807, 2.05) is 39.2 Å². The molecule has 130 valence electrons. The minimum atomic E-state index is -0.427. The van der Waals surface area contributed by atoms with E-state index in [9.17, 15) is 4.79 Å². The van der Waals surface area contributed by atoms with Crippen LogP contribution in [0.1, 0.15) is 38.5 Å². The minimum absolute atomic E-state index is 0.219. The lowest BCUT2D eigenvalue weighted by atomic mass is 9.96. The van der Waals surface area contributed by atoms with Crippen LogP contribution >= 0.6 is 27.3 Å². The summed E-state index contributed by atoms with van der Waals surface area (Å²) in [5.41, 5.74) is -0.427. The smallest absolute Gasteiger partial charge is 0.410 e. The zero-order valence-corrected chi connectivity index (χ0v) is 16.9. The molecule has 1 saturated heterocycles. The highest BCUT2D eigenvalue weighted by Crippen LogP contribution is 2.26. The quantitative estimate of drug-likeness (QED) is 0.737. The van der Waals surface area contributed by atoms with E-state index in [0.717, 1.165) is 39.0 Å². The number of thiophene rings is 1. The molecule has 1 aliphatic heterocycles. The van der Waals surface area contributed by atoms with Crippen LogP contribution in [0.4, 0.5) is 4.79 Å². The number of nitrogens with zero attached hydrogens (tertiary/aromatic N) is 2. The lowest BCUT2D eigenvalue weighted by Crippen LogP contribution is -2.40. The summed E-state index contributed by atoms with van der Waals surface area (Å²) in [5, 5.41) is 0. The zero-order chi connectivity index (χ0) is 17.0. The maximum Gasteiger partial charge on any atom is 0.410 e. The van der Waals surface area contributed by atoms with Crippen molar-refractivity contribution in [2.75, 3.05) is 26.7 Å². The molecule has 0 aliphatic carbocycles. The van der Waals surface area contributed by atoms with Gasteiger partial charge in [-0.3, -0.25) is 4.90 Å². The fraction of sp³-hybridized carbons (Fsp3) is 0.706. The van der Waals surface area contributed by atoms with Crippen LogP contribution in [-0.2, 0) is 11.3 Å². The van der Waals surface area contributed by atoms with Crippen LogP contribution in [0.2, 0.25) is 0 Å². The Morgan fingerprint density at radius 3 is 2.57 bits per heavy atom. The molecular weight excluding hydrogens is 376 g/mol. The van der Waals surface area contributed by atoms with Gasteiger partial charge in [0.15, 0.2) is 0 Å².